The van der Waals surface area contributed by atoms with Gasteiger partial charge >= 0.3 is 0 Å². The van der Waals surface area contributed by atoms with Crippen LogP contribution in [-0.4, -0.2) is 29.6 Å². The van der Waals surface area contributed by atoms with Crippen LogP contribution >= 0.6 is 0 Å². The molecule has 3 rings (SSSR count). The molecular weight excluding hydrogens is 407 g/mol. The van der Waals surface area contributed by atoms with Crippen LogP contribution in [0, 0.1) is 12.7 Å². The molecular formula is C18H18F3N5O2S. The highest BCUT2D eigenvalue weighted by molar-refractivity contribution is 7.92. The van der Waals surface area contributed by atoms with Crippen LogP contribution < -0.4 is 10.0 Å². The van der Waals surface area contributed by atoms with Crippen molar-refractivity contribution in [3.8, 4) is 0 Å². The fraction of sp³-hybridized carbons (Fsp3) is 0.278. The number of aromatic nitrogens is 3. The molecule has 2 heterocycles. The molecule has 1 unspecified atom stereocenters. The summed E-state index contributed by atoms with van der Waals surface area (Å²) >= 11 is 0. The number of pyridine rings is 1. The second kappa shape index (κ2) is 7.82. The molecule has 0 amide bonds. The summed E-state index contributed by atoms with van der Waals surface area (Å²) in [4.78, 5) is 12.6. The topological polar surface area (TPSA) is 96.9 Å². The number of hydrogen-bond acceptors (Lipinski definition) is 6. The van der Waals surface area contributed by atoms with E-state index in [1.54, 1.807) is 13.8 Å². The number of hydrogen-bond donors (Lipinski definition) is 2. The highest BCUT2D eigenvalue weighted by atomic mass is 32.2. The third-order valence-electron chi connectivity index (χ3n) is 4.08. The Morgan fingerprint density at radius 2 is 1.83 bits per heavy atom. The van der Waals surface area contributed by atoms with E-state index in [4.69, 9.17) is 0 Å². The number of nitrogens with zero attached hydrogens (tertiary/aromatic N) is 3. The van der Waals surface area contributed by atoms with E-state index in [0.29, 0.717) is 16.9 Å². The normalized spacial score (nSPS) is 12.9. The van der Waals surface area contributed by atoms with Gasteiger partial charge in [-0.2, -0.15) is 0 Å². The molecule has 3 aromatic rings. The maximum Gasteiger partial charge on any atom is 0.266 e. The summed E-state index contributed by atoms with van der Waals surface area (Å²) in [6.07, 6.45) is -0.615. The van der Waals surface area contributed by atoms with Gasteiger partial charge in [-0.1, -0.05) is 18.2 Å². The largest absolute Gasteiger partial charge is 0.363 e. The molecule has 0 bridgehead atoms. The van der Waals surface area contributed by atoms with Crippen LogP contribution in [0.25, 0.3) is 11.0 Å². The van der Waals surface area contributed by atoms with E-state index in [0.717, 1.165) is 12.3 Å². The third kappa shape index (κ3) is 4.73. The second-order valence-electron chi connectivity index (χ2n) is 6.51. The predicted molar refractivity (Wildman–Crippen MR) is 104 cm³/mol. The van der Waals surface area contributed by atoms with Crippen LogP contribution in [0.1, 0.15) is 36.3 Å². The monoisotopic (exact) mass is 425 g/mol. The quantitative estimate of drug-likeness (QED) is 0.621. The summed E-state index contributed by atoms with van der Waals surface area (Å²) in [5, 5.41) is 3.38. The molecule has 0 aliphatic rings. The molecule has 0 aliphatic carbocycles. The van der Waals surface area contributed by atoms with Crippen molar-refractivity contribution in [3.63, 3.8) is 0 Å². The summed E-state index contributed by atoms with van der Waals surface area (Å²) in [6.45, 7) is 3.24. The Morgan fingerprint density at radius 3 is 2.48 bits per heavy atom. The Morgan fingerprint density at radius 1 is 1.14 bits per heavy atom. The standard InChI is InChI=1S/C18H18F3N5O2S/c1-9(12-5-4-6-13(15(12)19)16(20)21)23-18-14-7-11(26-29(3,27)28)8-22-17(14)24-10(2)25-18/h4-9,16,26H,1-3H3,(H,22,23,24,25). The molecule has 7 nitrogen and oxygen atoms in total. The van der Waals surface area contributed by atoms with E-state index < -0.39 is 33.9 Å². The van der Waals surface area contributed by atoms with E-state index in [2.05, 4.69) is 25.0 Å². The average Bonchev–Trinajstić information content (AvgIpc) is 2.60. The van der Waals surface area contributed by atoms with Crippen molar-refractivity contribution in [2.45, 2.75) is 26.3 Å². The summed E-state index contributed by atoms with van der Waals surface area (Å²) < 4.78 is 65.7. The Kier molecular flexibility index (Phi) is 5.60. The van der Waals surface area contributed by atoms with E-state index in [-0.39, 0.29) is 17.1 Å². The van der Waals surface area contributed by atoms with E-state index in [1.165, 1.54) is 24.4 Å². The van der Waals surface area contributed by atoms with Crippen LogP contribution in [0.15, 0.2) is 30.5 Å². The Hall–Kier alpha value is -2.95. The van der Waals surface area contributed by atoms with Crippen molar-refractivity contribution in [3.05, 3.63) is 53.2 Å². The van der Waals surface area contributed by atoms with Crippen molar-refractivity contribution in [2.24, 2.45) is 0 Å². The number of aryl methyl sites for hydroxylation is 1. The lowest BCUT2D eigenvalue weighted by Crippen LogP contribution is -2.13. The molecule has 0 saturated carbocycles. The third-order valence-corrected chi connectivity index (χ3v) is 4.69. The van der Waals surface area contributed by atoms with Crippen LogP contribution in [0.5, 0.6) is 0 Å². The summed E-state index contributed by atoms with van der Waals surface area (Å²) in [5.74, 6) is -0.341. The first-order valence-electron chi connectivity index (χ1n) is 8.50. The fourth-order valence-electron chi connectivity index (χ4n) is 2.86. The van der Waals surface area contributed by atoms with Crippen molar-refractivity contribution >= 4 is 32.6 Å². The van der Waals surface area contributed by atoms with Gasteiger partial charge in [0, 0.05) is 5.56 Å². The van der Waals surface area contributed by atoms with Crippen molar-refractivity contribution in [2.75, 3.05) is 16.3 Å². The molecule has 29 heavy (non-hydrogen) atoms. The van der Waals surface area contributed by atoms with Gasteiger partial charge in [0.1, 0.15) is 17.5 Å². The van der Waals surface area contributed by atoms with Gasteiger partial charge in [-0.15, -0.1) is 0 Å². The second-order valence-corrected chi connectivity index (χ2v) is 8.25. The number of benzene rings is 1. The van der Waals surface area contributed by atoms with E-state index in [1.807, 2.05) is 0 Å². The van der Waals surface area contributed by atoms with Crippen molar-refractivity contribution in [1.29, 1.82) is 0 Å². The van der Waals surface area contributed by atoms with Gasteiger partial charge in [-0.25, -0.2) is 36.5 Å². The number of alkyl halides is 2. The summed E-state index contributed by atoms with van der Waals surface area (Å²) in [6, 6.07) is 4.58. The van der Waals surface area contributed by atoms with Crippen molar-refractivity contribution in [1.82, 2.24) is 15.0 Å². The maximum absolute atomic E-state index is 14.5. The molecule has 1 atom stereocenters. The highest BCUT2D eigenvalue weighted by Crippen LogP contribution is 2.30. The number of fused-ring (bicyclic) bond motifs is 1. The van der Waals surface area contributed by atoms with E-state index >= 15 is 0 Å². The van der Waals surface area contributed by atoms with Crippen LogP contribution in [-0.2, 0) is 10.0 Å². The zero-order valence-corrected chi connectivity index (χ0v) is 16.6. The number of sulfonamides is 1. The van der Waals surface area contributed by atoms with Gasteiger partial charge in [0.15, 0.2) is 5.65 Å². The molecule has 0 fully saturated rings. The smallest absolute Gasteiger partial charge is 0.266 e. The predicted octanol–water partition coefficient (Wildman–Crippen LogP) is 3.95. The molecule has 11 heteroatoms. The zero-order chi connectivity index (χ0) is 21.3. The van der Waals surface area contributed by atoms with E-state index in [9.17, 15) is 21.6 Å². The molecule has 0 radical (unpaired) electrons. The molecule has 0 spiro atoms. The van der Waals surface area contributed by atoms with Gasteiger partial charge in [-0.05, 0) is 19.9 Å². The molecule has 0 saturated heterocycles. The summed E-state index contributed by atoms with van der Waals surface area (Å²) in [5.41, 5.74) is -0.131. The van der Waals surface area contributed by atoms with Gasteiger partial charge in [-0.3, -0.25) is 4.72 Å². The Bertz CT molecular complexity index is 1170. The number of nitrogens with one attached hydrogen (secondary N) is 2. The molecule has 0 aliphatic heterocycles. The molecule has 154 valence electrons. The van der Waals surface area contributed by atoms with Crippen LogP contribution in [0.3, 0.4) is 0 Å². The van der Waals surface area contributed by atoms with Crippen LogP contribution in [0.4, 0.5) is 24.7 Å². The van der Waals surface area contributed by atoms with Gasteiger partial charge in [0.25, 0.3) is 6.43 Å². The lowest BCUT2D eigenvalue weighted by molar-refractivity contribution is 0.146. The number of halogens is 3. The molecule has 2 N–H and O–H groups in total. The lowest BCUT2D eigenvalue weighted by Gasteiger charge is -2.18. The maximum atomic E-state index is 14.5. The lowest BCUT2D eigenvalue weighted by atomic mass is 10.0. The average molecular weight is 425 g/mol. The van der Waals surface area contributed by atoms with Gasteiger partial charge in [0.05, 0.1) is 35.1 Å². The first-order chi connectivity index (χ1) is 13.5. The first kappa shape index (κ1) is 20.8. The minimum absolute atomic E-state index is 0.0468. The molecule has 1 aromatic carbocycles. The summed E-state index contributed by atoms with van der Waals surface area (Å²) in [7, 11) is -3.52. The van der Waals surface area contributed by atoms with Crippen LogP contribution in [0.2, 0.25) is 0 Å². The van der Waals surface area contributed by atoms with Gasteiger partial charge in [0.2, 0.25) is 10.0 Å². The zero-order valence-electron chi connectivity index (χ0n) is 15.7. The van der Waals surface area contributed by atoms with Gasteiger partial charge < -0.3 is 5.32 Å². The minimum Gasteiger partial charge on any atom is -0.363 e. The number of anilines is 2. The Balaban J connectivity index is 2.03. The van der Waals surface area contributed by atoms with Crippen molar-refractivity contribution < 1.29 is 21.6 Å². The number of rotatable bonds is 6. The first-order valence-corrected chi connectivity index (χ1v) is 10.4. The Labute approximate surface area is 165 Å². The minimum atomic E-state index is -3.52. The SMILES string of the molecule is Cc1nc(NC(C)c2cccc(C(F)F)c2F)c2cc(NS(C)(=O)=O)cnc2n1. The highest BCUT2D eigenvalue weighted by Gasteiger charge is 2.20. The fourth-order valence-corrected chi connectivity index (χ4v) is 3.40. The molecule has 2 aromatic heterocycles.